The number of piperidine rings is 1. The molecule has 0 saturated carbocycles. The van der Waals surface area contributed by atoms with E-state index in [0.29, 0.717) is 11.7 Å². The van der Waals surface area contributed by atoms with Crippen LogP contribution in [0.1, 0.15) is 19.8 Å². The van der Waals surface area contributed by atoms with Gasteiger partial charge < -0.3 is 15.0 Å². The molecular formula is C12H24N2O2. The van der Waals surface area contributed by atoms with E-state index in [0.717, 1.165) is 52.2 Å². The van der Waals surface area contributed by atoms with E-state index < -0.39 is 0 Å². The van der Waals surface area contributed by atoms with Gasteiger partial charge in [-0.15, -0.1) is 0 Å². The molecule has 0 spiro atoms. The second-order valence-corrected chi connectivity index (χ2v) is 4.44. The van der Waals surface area contributed by atoms with Crippen LogP contribution in [0.4, 0.5) is 0 Å². The third kappa shape index (κ3) is 5.05. The van der Waals surface area contributed by atoms with Gasteiger partial charge in [0, 0.05) is 19.0 Å². The highest BCUT2D eigenvalue weighted by Gasteiger charge is 2.21. The molecule has 1 fully saturated rings. The maximum absolute atomic E-state index is 11.2. The van der Waals surface area contributed by atoms with Crippen LogP contribution in [0.2, 0.25) is 0 Å². The molecule has 0 aromatic rings. The molecule has 0 aliphatic carbocycles. The van der Waals surface area contributed by atoms with Gasteiger partial charge in [0.1, 0.15) is 5.78 Å². The first-order chi connectivity index (χ1) is 7.74. The Labute approximate surface area is 98.3 Å². The van der Waals surface area contributed by atoms with Crippen molar-refractivity contribution < 1.29 is 9.53 Å². The molecule has 1 heterocycles. The van der Waals surface area contributed by atoms with Crippen LogP contribution in [0.25, 0.3) is 0 Å². The number of rotatable bonds is 7. The van der Waals surface area contributed by atoms with Gasteiger partial charge >= 0.3 is 0 Å². The van der Waals surface area contributed by atoms with Crippen LogP contribution in [0.15, 0.2) is 0 Å². The highest BCUT2D eigenvalue weighted by Crippen LogP contribution is 2.17. The summed E-state index contributed by atoms with van der Waals surface area (Å²) in [7, 11) is 1.93. The normalized spacial score (nSPS) is 18.9. The Balaban J connectivity index is 2.02. The van der Waals surface area contributed by atoms with E-state index >= 15 is 0 Å². The Bertz CT molecular complexity index is 201. The zero-order chi connectivity index (χ0) is 11.8. The summed E-state index contributed by atoms with van der Waals surface area (Å²) in [6, 6.07) is 0. The molecule has 4 nitrogen and oxygen atoms in total. The molecule has 0 amide bonds. The van der Waals surface area contributed by atoms with Crippen LogP contribution in [0, 0.1) is 5.92 Å². The fraction of sp³-hybridized carbons (Fsp3) is 0.917. The van der Waals surface area contributed by atoms with Crippen LogP contribution in [0.3, 0.4) is 0 Å². The zero-order valence-corrected chi connectivity index (χ0v) is 10.5. The summed E-state index contributed by atoms with van der Waals surface area (Å²) in [6.07, 6.45) is 2.04. The third-order valence-corrected chi connectivity index (χ3v) is 3.21. The lowest BCUT2D eigenvalue weighted by molar-refractivity contribution is -0.122. The number of ketones is 1. The average molecular weight is 228 g/mol. The fourth-order valence-corrected chi connectivity index (χ4v) is 2.03. The first-order valence-electron chi connectivity index (χ1n) is 6.19. The van der Waals surface area contributed by atoms with Crippen molar-refractivity contribution in [3.63, 3.8) is 0 Å². The maximum Gasteiger partial charge on any atom is 0.133 e. The predicted octanol–water partition coefficient (Wildman–Crippen LogP) is 0.523. The first-order valence-corrected chi connectivity index (χ1v) is 6.19. The number of hydrogen-bond donors (Lipinski definition) is 1. The van der Waals surface area contributed by atoms with E-state index in [1.165, 1.54) is 0 Å². The van der Waals surface area contributed by atoms with E-state index in [4.69, 9.17) is 4.74 Å². The van der Waals surface area contributed by atoms with Crippen LogP contribution in [-0.4, -0.2) is 57.1 Å². The summed E-state index contributed by atoms with van der Waals surface area (Å²) in [5.41, 5.74) is 0. The van der Waals surface area contributed by atoms with Crippen molar-refractivity contribution in [3.05, 3.63) is 0 Å². The van der Waals surface area contributed by atoms with Gasteiger partial charge in [-0.1, -0.05) is 0 Å². The van der Waals surface area contributed by atoms with Crippen LogP contribution < -0.4 is 5.32 Å². The molecule has 0 bridgehead atoms. The lowest BCUT2D eigenvalue weighted by Crippen LogP contribution is -2.37. The Hall–Kier alpha value is -0.450. The van der Waals surface area contributed by atoms with Gasteiger partial charge in [-0.2, -0.15) is 0 Å². The Morgan fingerprint density at radius 3 is 2.62 bits per heavy atom. The number of Topliss-reactive ketones (excluding diaryl/α,β-unsaturated/α-hetero) is 1. The van der Waals surface area contributed by atoms with Gasteiger partial charge in [0.15, 0.2) is 0 Å². The number of nitrogens with zero attached hydrogens (tertiary/aromatic N) is 1. The van der Waals surface area contributed by atoms with E-state index in [1.54, 1.807) is 6.92 Å². The molecule has 1 aliphatic heterocycles. The van der Waals surface area contributed by atoms with Crippen molar-refractivity contribution in [1.82, 2.24) is 10.2 Å². The summed E-state index contributed by atoms with van der Waals surface area (Å²) < 4.78 is 5.48. The fourth-order valence-electron chi connectivity index (χ4n) is 2.03. The molecule has 0 aromatic heterocycles. The van der Waals surface area contributed by atoms with Crippen molar-refractivity contribution in [3.8, 4) is 0 Å². The first kappa shape index (κ1) is 13.6. The molecule has 1 aliphatic rings. The van der Waals surface area contributed by atoms with Gasteiger partial charge in [-0.25, -0.2) is 0 Å². The number of likely N-dealkylation sites (N-methyl/N-ethyl adjacent to an activating group) is 1. The monoisotopic (exact) mass is 228 g/mol. The minimum atomic E-state index is 0.307. The van der Waals surface area contributed by atoms with Gasteiger partial charge in [0.05, 0.1) is 13.2 Å². The number of carbonyl (C=O) groups is 1. The minimum Gasteiger partial charge on any atom is -0.379 e. The lowest BCUT2D eigenvalue weighted by atomic mass is 9.93. The molecule has 4 heteroatoms. The van der Waals surface area contributed by atoms with Crippen molar-refractivity contribution in [2.75, 3.05) is 46.4 Å². The summed E-state index contributed by atoms with van der Waals surface area (Å²) in [5, 5.41) is 3.05. The van der Waals surface area contributed by atoms with Crippen molar-refractivity contribution in [2.45, 2.75) is 19.8 Å². The van der Waals surface area contributed by atoms with Crippen LogP contribution in [-0.2, 0) is 9.53 Å². The van der Waals surface area contributed by atoms with Gasteiger partial charge in [-0.05, 0) is 39.9 Å². The number of nitrogens with one attached hydrogen (secondary N) is 1. The van der Waals surface area contributed by atoms with E-state index in [-0.39, 0.29) is 0 Å². The van der Waals surface area contributed by atoms with E-state index in [1.807, 2.05) is 7.05 Å². The quantitative estimate of drug-likeness (QED) is 0.645. The second kappa shape index (κ2) is 7.76. The Morgan fingerprint density at radius 2 is 2.06 bits per heavy atom. The molecule has 1 saturated heterocycles. The molecule has 1 N–H and O–H groups in total. The van der Waals surface area contributed by atoms with Crippen molar-refractivity contribution in [2.24, 2.45) is 5.92 Å². The Kier molecular flexibility index (Phi) is 6.61. The van der Waals surface area contributed by atoms with E-state index in [2.05, 4.69) is 10.2 Å². The number of hydrogen-bond acceptors (Lipinski definition) is 4. The highest BCUT2D eigenvalue weighted by molar-refractivity contribution is 5.78. The van der Waals surface area contributed by atoms with Gasteiger partial charge in [0.2, 0.25) is 0 Å². The van der Waals surface area contributed by atoms with Gasteiger partial charge in [-0.3, -0.25) is 4.79 Å². The zero-order valence-electron chi connectivity index (χ0n) is 10.5. The maximum atomic E-state index is 11.2. The number of carbonyl (C=O) groups excluding carboxylic acids is 1. The molecular weight excluding hydrogens is 204 g/mol. The number of ether oxygens (including phenoxy) is 1. The summed E-state index contributed by atoms with van der Waals surface area (Å²) in [4.78, 5) is 13.6. The third-order valence-electron chi connectivity index (χ3n) is 3.21. The average Bonchev–Trinajstić information content (AvgIpc) is 2.29. The summed E-state index contributed by atoms with van der Waals surface area (Å²) in [6.45, 7) is 7.27. The summed E-state index contributed by atoms with van der Waals surface area (Å²) in [5.74, 6) is 0.659. The smallest absolute Gasteiger partial charge is 0.133 e. The van der Waals surface area contributed by atoms with Gasteiger partial charge in [0.25, 0.3) is 0 Å². The molecule has 94 valence electrons. The molecule has 0 unspecified atom stereocenters. The molecule has 1 rings (SSSR count). The second-order valence-electron chi connectivity index (χ2n) is 4.44. The molecule has 0 radical (unpaired) electrons. The SMILES string of the molecule is CNCCOCCN1CCC(C(C)=O)CC1. The predicted molar refractivity (Wildman–Crippen MR) is 64.6 cm³/mol. The van der Waals surface area contributed by atoms with Crippen LogP contribution >= 0.6 is 0 Å². The topological polar surface area (TPSA) is 41.6 Å². The lowest BCUT2D eigenvalue weighted by Gasteiger charge is -2.30. The highest BCUT2D eigenvalue weighted by atomic mass is 16.5. The standard InChI is InChI=1S/C12H24N2O2/c1-11(15)12-3-6-14(7-4-12)8-10-16-9-5-13-2/h12-13H,3-10H2,1-2H3. The Morgan fingerprint density at radius 1 is 1.38 bits per heavy atom. The summed E-state index contributed by atoms with van der Waals surface area (Å²) >= 11 is 0. The van der Waals surface area contributed by atoms with Crippen molar-refractivity contribution >= 4 is 5.78 Å². The van der Waals surface area contributed by atoms with Crippen LogP contribution in [0.5, 0.6) is 0 Å². The van der Waals surface area contributed by atoms with Crippen molar-refractivity contribution in [1.29, 1.82) is 0 Å². The largest absolute Gasteiger partial charge is 0.379 e. The van der Waals surface area contributed by atoms with E-state index in [9.17, 15) is 4.79 Å². The number of likely N-dealkylation sites (tertiary alicyclic amines) is 1. The minimum absolute atomic E-state index is 0.307. The molecule has 0 aromatic carbocycles. The molecule has 16 heavy (non-hydrogen) atoms. The molecule has 0 atom stereocenters.